The number of ether oxygens (including phenoxy) is 4. The van der Waals surface area contributed by atoms with Crippen LogP contribution in [0.25, 0.3) is 0 Å². The number of amides is 1. The van der Waals surface area contributed by atoms with E-state index in [0.717, 1.165) is 17.8 Å². The first-order chi connectivity index (χ1) is 14.8. The first-order valence-corrected chi connectivity index (χ1v) is 10.9. The van der Waals surface area contributed by atoms with Gasteiger partial charge in [-0.3, -0.25) is 10.1 Å². The molecule has 1 amide bonds. The summed E-state index contributed by atoms with van der Waals surface area (Å²) in [7, 11) is 2.48. The number of methoxy groups -OCH3 is 2. The summed E-state index contributed by atoms with van der Waals surface area (Å²) >= 11 is 7.80. The second kappa shape index (κ2) is 11.9. The summed E-state index contributed by atoms with van der Waals surface area (Å²) in [5.74, 6) is -0.960. The van der Waals surface area contributed by atoms with Gasteiger partial charge in [-0.25, -0.2) is 9.59 Å². The van der Waals surface area contributed by atoms with Gasteiger partial charge in [-0.05, 0) is 56.6 Å². The highest BCUT2D eigenvalue weighted by atomic mass is 79.9. The highest BCUT2D eigenvalue weighted by Crippen LogP contribution is 2.42. The van der Waals surface area contributed by atoms with Crippen molar-refractivity contribution in [2.24, 2.45) is 10.2 Å². The molecule has 0 atom stereocenters. The fourth-order valence-electron chi connectivity index (χ4n) is 2.07. The second-order valence-electron chi connectivity index (χ2n) is 5.46. The highest BCUT2D eigenvalue weighted by Gasteiger charge is 2.25. The van der Waals surface area contributed by atoms with Gasteiger partial charge < -0.3 is 18.9 Å². The minimum atomic E-state index is -0.644. The van der Waals surface area contributed by atoms with E-state index in [1.165, 1.54) is 20.4 Å². The Labute approximate surface area is 198 Å². The number of nitrogens with zero attached hydrogens (tertiary/aromatic N) is 2. The van der Waals surface area contributed by atoms with Crippen molar-refractivity contribution in [2.45, 2.75) is 6.92 Å². The third kappa shape index (κ3) is 6.80. The molecule has 1 aromatic carbocycles. The molecule has 166 valence electrons. The van der Waals surface area contributed by atoms with Crippen LogP contribution in [0.1, 0.15) is 12.5 Å². The first kappa shape index (κ1) is 24.9. The number of carbonyl (C=O) groups excluding carboxylic acids is 3. The van der Waals surface area contributed by atoms with Gasteiger partial charge in [0, 0.05) is 16.1 Å². The van der Waals surface area contributed by atoms with Crippen molar-refractivity contribution in [3.8, 4) is 11.5 Å². The first-order valence-electron chi connectivity index (χ1n) is 8.54. The molecule has 31 heavy (non-hydrogen) atoms. The lowest BCUT2D eigenvalue weighted by Crippen LogP contribution is -2.19. The maximum atomic E-state index is 11.8. The number of hydrogen-bond donors (Lipinski definition) is 1. The van der Waals surface area contributed by atoms with E-state index in [2.05, 4.69) is 56.9 Å². The predicted octanol–water partition coefficient (Wildman–Crippen LogP) is 2.77. The van der Waals surface area contributed by atoms with Crippen LogP contribution in [-0.4, -0.2) is 56.7 Å². The highest BCUT2D eigenvalue weighted by molar-refractivity contribution is 9.13. The zero-order valence-corrected chi connectivity index (χ0v) is 20.6. The summed E-state index contributed by atoms with van der Waals surface area (Å²) in [6.45, 7) is 1.87. The molecule has 1 saturated heterocycles. The number of rotatable bonds is 8. The Morgan fingerprint density at radius 1 is 1.19 bits per heavy atom. The molecule has 1 aromatic rings. The third-order valence-electron chi connectivity index (χ3n) is 3.46. The van der Waals surface area contributed by atoms with E-state index in [9.17, 15) is 14.4 Å². The Bertz CT molecular complexity index is 979. The average molecular weight is 579 g/mol. The largest absolute Gasteiger partial charge is 0.490 e. The Morgan fingerprint density at radius 3 is 2.58 bits per heavy atom. The van der Waals surface area contributed by atoms with Crippen LogP contribution in [0.3, 0.4) is 0 Å². The molecule has 1 aliphatic rings. The van der Waals surface area contributed by atoms with Crippen LogP contribution in [0.5, 0.6) is 11.5 Å². The van der Waals surface area contributed by atoms with Gasteiger partial charge in [0.2, 0.25) is 0 Å². The molecule has 0 unspecified atom stereocenters. The number of benzene rings is 1. The van der Waals surface area contributed by atoms with E-state index in [1.54, 1.807) is 13.0 Å². The van der Waals surface area contributed by atoms with Gasteiger partial charge in [0.25, 0.3) is 5.91 Å². The molecule has 0 spiro atoms. The molecule has 0 bridgehead atoms. The zero-order valence-electron chi connectivity index (χ0n) is 16.6. The maximum Gasteiger partial charge on any atom is 0.343 e. The van der Waals surface area contributed by atoms with Crippen LogP contribution in [0.15, 0.2) is 36.2 Å². The summed E-state index contributed by atoms with van der Waals surface area (Å²) in [5, 5.41) is 10.6. The average Bonchev–Trinajstić information content (AvgIpc) is 3.09. The third-order valence-corrected chi connectivity index (χ3v) is 6.51. The van der Waals surface area contributed by atoms with E-state index >= 15 is 0 Å². The number of carbonyl (C=O) groups is 3. The fourth-order valence-corrected chi connectivity index (χ4v) is 3.75. The van der Waals surface area contributed by atoms with Crippen LogP contribution in [-0.2, 0) is 23.9 Å². The van der Waals surface area contributed by atoms with E-state index in [0.29, 0.717) is 32.6 Å². The van der Waals surface area contributed by atoms with Crippen molar-refractivity contribution >= 4 is 72.8 Å². The molecule has 0 aromatic heterocycles. The SMILES string of the molecule is CCOc1cc(C=N/N=C2/NC(=O)/C(=C\C(=O)OC)S2)c(Br)c(Br)c1OCC(=O)OC. The number of nitrogens with one attached hydrogen (secondary N) is 1. The van der Waals surface area contributed by atoms with Gasteiger partial charge in [0.1, 0.15) is 0 Å². The molecular formula is C18H17Br2N3O7S. The smallest absolute Gasteiger partial charge is 0.343 e. The van der Waals surface area contributed by atoms with Crippen molar-refractivity contribution < 1.29 is 33.3 Å². The van der Waals surface area contributed by atoms with Crippen molar-refractivity contribution in [3.63, 3.8) is 0 Å². The summed E-state index contributed by atoms with van der Waals surface area (Å²) in [5.41, 5.74) is 0.588. The monoisotopic (exact) mass is 577 g/mol. The van der Waals surface area contributed by atoms with Crippen LogP contribution in [0, 0.1) is 0 Å². The van der Waals surface area contributed by atoms with Crippen molar-refractivity contribution in [2.75, 3.05) is 27.4 Å². The van der Waals surface area contributed by atoms with Crippen LogP contribution in [0.4, 0.5) is 0 Å². The summed E-state index contributed by atoms with van der Waals surface area (Å²) in [4.78, 5) is 34.7. The minimum Gasteiger partial charge on any atom is -0.490 e. The quantitative estimate of drug-likeness (QED) is 0.216. The van der Waals surface area contributed by atoms with Crippen molar-refractivity contribution in [1.29, 1.82) is 0 Å². The van der Waals surface area contributed by atoms with Gasteiger partial charge in [-0.2, -0.15) is 5.10 Å². The van der Waals surface area contributed by atoms with Crippen molar-refractivity contribution in [1.82, 2.24) is 5.32 Å². The Hall–Kier alpha value is -2.38. The van der Waals surface area contributed by atoms with Gasteiger partial charge in [-0.1, -0.05) is 0 Å². The van der Waals surface area contributed by atoms with Crippen molar-refractivity contribution in [3.05, 3.63) is 31.6 Å². The lowest BCUT2D eigenvalue weighted by Gasteiger charge is -2.15. The van der Waals surface area contributed by atoms with Crippen LogP contribution >= 0.6 is 43.6 Å². The van der Waals surface area contributed by atoms with Gasteiger partial charge in [0.15, 0.2) is 23.3 Å². The molecule has 0 radical (unpaired) electrons. The van der Waals surface area contributed by atoms with Gasteiger partial charge >= 0.3 is 11.9 Å². The number of halogens is 2. The van der Waals surface area contributed by atoms with E-state index in [4.69, 9.17) is 9.47 Å². The number of esters is 2. The van der Waals surface area contributed by atoms with E-state index in [1.807, 2.05) is 0 Å². The van der Waals surface area contributed by atoms with Crippen LogP contribution in [0.2, 0.25) is 0 Å². The molecule has 2 rings (SSSR count). The maximum absolute atomic E-state index is 11.8. The zero-order chi connectivity index (χ0) is 23.0. The molecule has 1 aliphatic heterocycles. The number of amidine groups is 1. The molecule has 1 heterocycles. The van der Waals surface area contributed by atoms with Crippen LogP contribution < -0.4 is 14.8 Å². The van der Waals surface area contributed by atoms with Gasteiger partial charge in [-0.15, -0.1) is 5.10 Å². The molecule has 10 nitrogen and oxygen atoms in total. The molecule has 1 fully saturated rings. The lowest BCUT2D eigenvalue weighted by molar-refractivity contribution is -0.143. The second-order valence-corrected chi connectivity index (χ2v) is 8.07. The molecule has 1 N–H and O–H groups in total. The molecular weight excluding hydrogens is 562 g/mol. The molecule has 0 aliphatic carbocycles. The Morgan fingerprint density at radius 2 is 1.94 bits per heavy atom. The normalized spacial score (nSPS) is 16.0. The minimum absolute atomic E-state index is 0.149. The number of hydrogen-bond acceptors (Lipinski definition) is 10. The van der Waals surface area contributed by atoms with Gasteiger partial charge in [0.05, 0.1) is 36.4 Å². The Kier molecular flexibility index (Phi) is 9.52. The number of thioether (sulfide) groups is 1. The topological polar surface area (TPSA) is 125 Å². The molecule has 13 heteroatoms. The summed E-state index contributed by atoms with van der Waals surface area (Å²) in [6.07, 6.45) is 2.50. The molecule has 0 saturated carbocycles. The van der Waals surface area contributed by atoms with E-state index < -0.39 is 17.8 Å². The standard InChI is InChI=1S/C18H17Br2N3O7S/c1-4-29-10-5-9(14(19)15(20)16(10)30-8-13(25)28-3)7-21-23-18-22-17(26)11(31-18)6-12(24)27-2/h5-7H,4,8H2,1-3H3,(H,22,23,26)/b11-6+,21-7?. The Balaban J connectivity index is 2.25. The van der Waals surface area contributed by atoms with E-state index in [-0.39, 0.29) is 16.7 Å². The summed E-state index contributed by atoms with van der Waals surface area (Å²) in [6, 6.07) is 1.65. The predicted molar refractivity (Wildman–Crippen MR) is 121 cm³/mol. The fraction of sp³-hybridized carbons (Fsp3) is 0.278. The lowest BCUT2D eigenvalue weighted by atomic mass is 10.2. The summed E-state index contributed by atoms with van der Waals surface area (Å²) < 4.78 is 21.3.